The van der Waals surface area contributed by atoms with Gasteiger partial charge in [0.15, 0.2) is 11.6 Å². The van der Waals surface area contributed by atoms with Gasteiger partial charge in [-0.3, -0.25) is 0 Å². The Kier molecular flexibility index (Phi) is 5.14. The third-order valence-electron chi connectivity index (χ3n) is 5.26. The summed E-state index contributed by atoms with van der Waals surface area (Å²) in [5.41, 5.74) is -4.02. The molecule has 3 heterocycles. The second-order valence-corrected chi connectivity index (χ2v) is 7.43. The van der Waals surface area contributed by atoms with E-state index in [2.05, 4.69) is 14.7 Å². The summed E-state index contributed by atoms with van der Waals surface area (Å²) in [6, 6.07) is 1.40. The highest BCUT2D eigenvalue weighted by molar-refractivity contribution is 6.30. The van der Waals surface area contributed by atoms with Crippen LogP contribution in [0.2, 0.25) is 5.15 Å². The Labute approximate surface area is 179 Å². The van der Waals surface area contributed by atoms with E-state index in [-0.39, 0.29) is 11.6 Å². The molecule has 1 fully saturated rings. The molecule has 1 atom stereocenters. The number of ether oxygens (including phenoxy) is 2. The molecule has 0 N–H and O–H groups in total. The van der Waals surface area contributed by atoms with Crippen LogP contribution in [0.25, 0.3) is 0 Å². The summed E-state index contributed by atoms with van der Waals surface area (Å²) in [4.78, 5) is 20.4. The standard InChI is InChI=1S/C18H11ClF7N3O3/c19-12-11-9(1-4-27-12)16(2-3-17(11,22)23)7-31-15(30)29(16)13-10(32-14(20)21)5-8(6-28-13)18(24,25)26/h1,4-6,14H,2-3,7H2/t16-/m1/s1. The molecule has 1 amide bonds. The average Bonchev–Trinajstić information content (AvgIpc) is 3.01. The number of fused-ring (bicyclic) bond motifs is 2. The summed E-state index contributed by atoms with van der Waals surface area (Å²) in [7, 11) is 0. The van der Waals surface area contributed by atoms with Crippen molar-refractivity contribution in [2.45, 2.75) is 37.1 Å². The van der Waals surface area contributed by atoms with Gasteiger partial charge >= 0.3 is 18.9 Å². The molecule has 1 saturated heterocycles. The lowest BCUT2D eigenvalue weighted by molar-refractivity contribution is -0.138. The number of carbonyl (C=O) groups excluding carboxylic acids is 1. The number of hydrogen-bond acceptors (Lipinski definition) is 5. The average molecular weight is 486 g/mol. The molecule has 14 heteroatoms. The number of anilines is 1. The number of nitrogens with zero attached hydrogens (tertiary/aromatic N) is 3. The van der Waals surface area contributed by atoms with Gasteiger partial charge < -0.3 is 9.47 Å². The zero-order valence-electron chi connectivity index (χ0n) is 15.6. The van der Waals surface area contributed by atoms with Crippen molar-refractivity contribution < 1.29 is 45.0 Å². The third kappa shape index (κ3) is 3.48. The number of amides is 1. The second-order valence-electron chi connectivity index (χ2n) is 7.07. The summed E-state index contributed by atoms with van der Waals surface area (Å²) < 4.78 is 104. The van der Waals surface area contributed by atoms with Crippen LogP contribution in [0.3, 0.4) is 0 Å². The minimum atomic E-state index is -4.95. The lowest BCUT2D eigenvalue weighted by Gasteiger charge is -2.42. The highest BCUT2D eigenvalue weighted by atomic mass is 35.5. The zero-order valence-corrected chi connectivity index (χ0v) is 16.4. The zero-order chi connectivity index (χ0) is 23.5. The van der Waals surface area contributed by atoms with Crippen LogP contribution < -0.4 is 9.64 Å². The van der Waals surface area contributed by atoms with E-state index in [9.17, 15) is 35.5 Å². The first-order valence-corrected chi connectivity index (χ1v) is 9.27. The van der Waals surface area contributed by atoms with E-state index < -0.39 is 77.6 Å². The van der Waals surface area contributed by atoms with E-state index in [4.69, 9.17) is 16.3 Å². The molecule has 172 valence electrons. The van der Waals surface area contributed by atoms with Crippen molar-refractivity contribution in [1.82, 2.24) is 9.97 Å². The van der Waals surface area contributed by atoms with Gasteiger partial charge in [0.1, 0.15) is 17.3 Å². The van der Waals surface area contributed by atoms with Crippen LogP contribution in [-0.4, -0.2) is 29.3 Å². The third-order valence-corrected chi connectivity index (χ3v) is 5.54. The molecular formula is C18H11ClF7N3O3. The predicted octanol–water partition coefficient (Wildman–Crippen LogP) is 5.49. The van der Waals surface area contributed by atoms with Gasteiger partial charge in [-0.25, -0.2) is 28.4 Å². The van der Waals surface area contributed by atoms with E-state index in [1.807, 2.05) is 0 Å². The fourth-order valence-electron chi connectivity index (χ4n) is 3.89. The first-order chi connectivity index (χ1) is 14.9. The van der Waals surface area contributed by atoms with Crippen molar-refractivity contribution in [3.63, 3.8) is 0 Å². The largest absolute Gasteiger partial charge is 0.446 e. The molecule has 2 aliphatic rings. The van der Waals surface area contributed by atoms with Crippen molar-refractivity contribution in [3.8, 4) is 5.75 Å². The molecule has 0 radical (unpaired) electrons. The van der Waals surface area contributed by atoms with Crippen LogP contribution in [0.4, 0.5) is 41.3 Å². The SMILES string of the molecule is O=C1OC[C@@]2(CCC(F)(F)c3c2ccnc3Cl)N1c1ncc(C(F)(F)F)cc1OC(F)F. The highest BCUT2D eigenvalue weighted by Crippen LogP contribution is 2.55. The van der Waals surface area contributed by atoms with Crippen molar-refractivity contribution >= 4 is 23.5 Å². The summed E-state index contributed by atoms with van der Waals surface area (Å²) in [5, 5.41) is -0.546. The molecule has 2 aromatic rings. The Morgan fingerprint density at radius 1 is 1.22 bits per heavy atom. The Balaban J connectivity index is 1.93. The Bertz CT molecular complexity index is 1080. The number of alkyl halides is 7. The van der Waals surface area contributed by atoms with Crippen molar-refractivity contribution in [3.05, 3.63) is 46.4 Å². The van der Waals surface area contributed by atoms with E-state index in [0.717, 1.165) is 12.3 Å². The Morgan fingerprint density at radius 3 is 2.59 bits per heavy atom. The van der Waals surface area contributed by atoms with Crippen molar-refractivity contribution in [2.75, 3.05) is 11.5 Å². The van der Waals surface area contributed by atoms with Gasteiger partial charge in [-0.2, -0.15) is 22.0 Å². The van der Waals surface area contributed by atoms with Crippen LogP contribution in [0.15, 0.2) is 24.5 Å². The minimum Gasteiger partial charge on any atom is -0.446 e. The predicted molar refractivity (Wildman–Crippen MR) is 93.8 cm³/mol. The van der Waals surface area contributed by atoms with Crippen molar-refractivity contribution in [1.29, 1.82) is 0 Å². The number of cyclic esters (lactones) is 1. The van der Waals surface area contributed by atoms with Crippen LogP contribution >= 0.6 is 11.6 Å². The van der Waals surface area contributed by atoms with E-state index in [1.165, 1.54) is 0 Å². The molecule has 0 unspecified atom stereocenters. The maximum atomic E-state index is 14.6. The van der Waals surface area contributed by atoms with Crippen molar-refractivity contribution in [2.24, 2.45) is 0 Å². The smallest absolute Gasteiger partial charge is 0.418 e. The summed E-state index contributed by atoms with van der Waals surface area (Å²) in [6.07, 6.45) is -6.00. The van der Waals surface area contributed by atoms with Crippen LogP contribution in [0, 0.1) is 0 Å². The first-order valence-electron chi connectivity index (χ1n) is 8.89. The lowest BCUT2D eigenvalue weighted by atomic mass is 9.75. The van der Waals surface area contributed by atoms with Gasteiger partial charge in [-0.05, 0) is 24.1 Å². The number of carbonyl (C=O) groups is 1. The number of pyridine rings is 2. The monoisotopic (exact) mass is 485 g/mol. The molecular weight excluding hydrogens is 475 g/mol. The molecule has 6 nitrogen and oxygen atoms in total. The van der Waals surface area contributed by atoms with E-state index in [1.54, 1.807) is 0 Å². The van der Waals surface area contributed by atoms with Gasteiger partial charge in [0.25, 0.3) is 5.92 Å². The molecule has 1 spiro atoms. The molecule has 32 heavy (non-hydrogen) atoms. The molecule has 4 rings (SSSR count). The highest BCUT2D eigenvalue weighted by Gasteiger charge is 2.59. The van der Waals surface area contributed by atoms with E-state index in [0.29, 0.717) is 11.1 Å². The maximum Gasteiger partial charge on any atom is 0.418 e. The quantitative estimate of drug-likeness (QED) is 0.425. The molecule has 0 aromatic carbocycles. The summed E-state index contributed by atoms with van der Waals surface area (Å²) in [5.74, 6) is -5.25. The number of hydrogen-bond donors (Lipinski definition) is 0. The Morgan fingerprint density at radius 2 is 1.94 bits per heavy atom. The Hall–Kier alpha value is -2.83. The van der Waals surface area contributed by atoms with Crippen LogP contribution in [-0.2, 0) is 22.4 Å². The number of halogens is 8. The van der Waals surface area contributed by atoms with Crippen LogP contribution in [0.1, 0.15) is 29.5 Å². The van der Waals surface area contributed by atoms with Gasteiger partial charge in [-0.1, -0.05) is 11.6 Å². The summed E-state index contributed by atoms with van der Waals surface area (Å²) in [6.45, 7) is -4.07. The van der Waals surface area contributed by atoms with Gasteiger partial charge in [0.2, 0.25) is 0 Å². The van der Waals surface area contributed by atoms with E-state index >= 15 is 0 Å². The van der Waals surface area contributed by atoms with Gasteiger partial charge in [0, 0.05) is 18.8 Å². The molecule has 0 bridgehead atoms. The topological polar surface area (TPSA) is 64.5 Å². The van der Waals surface area contributed by atoms with Gasteiger partial charge in [0.05, 0.1) is 11.1 Å². The fourth-order valence-corrected chi connectivity index (χ4v) is 4.19. The normalized spacial score (nSPS) is 22.3. The minimum absolute atomic E-state index is 0.190. The molecule has 1 aliphatic carbocycles. The first kappa shape index (κ1) is 22.4. The lowest BCUT2D eigenvalue weighted by Crippen LogP contribution is -2.50. The molecule has 0 saturated carbocycles. The maximum absolute atomic E-state index is 14.6. The molecule has 1 aliphatic heterocycles. The van der Waals surface area contributed by atoms with Gasteiger partial charge in [-0.15, -0.1) is 0 Å². The summed E-state index contributed by atoms with van der Waals surface area (Å²) >= 11 is 5.89. The second kappa shape index (κ2) is 7.36. The van der Waals surface area contributed by atoms with Crippen LogP contribution in [0.5, 0.6) is 5.75 Å². The fraction of sp³-hybridized carbons (Fsp3) is 0.389. The number of rotatable bonds is 3. The molecule has 2 aromatic heterocycles. The number of aromatic nitrogens is 2.